The lowest BCUT2D eigenvalue weighted by atomic mass is 10.0. The highest BCUT2D eigenvalue weighted by Crippen LogP contribution is 2.27. The van der Waals surface area contributed by atoms with E-state index in [0.717, 1.165) is 0 Å². The zero-order valence-electron chi connectivity index (χ0n) is 8.68. The van der Waals surface area contributed by atoms with Crippen LogP contribution in [-0.2, 0) is 0 Å². The highest BCUT2D eigenvalue weighted by molar-refractivity contribution is 6.23. The van der Waals surface area contributed by atoms with E-state index in [1.54, 1.807) is 36.8 Å². The Morgan fingerprint density at radius 2 is 1.82 bits per heavy atom. The zero-order chi connectivity index (χ0) is 11.8. The third-order valence-corrected chi connectivity index (χ3v) is 2.60. The zero-order valence-corrected chi connectivity index (χ0v) is 8.68. The molecule has 1 aromatic heterocycles. The molecule has 17 heavy (non-hydrogen) atoms. The van der Waals surface area contributed by atoms with Crippen molar-refractivity contribution in [2.75, 3.05) is 0 Å². The van der Waals surface area contributed by atoms with Crippen molar-refractivity contribution in [1.82, 2.24) is 15.3 Å². The predicted octanol–water partition coefficient (Wildman–Crippen LogP) is 1.03. The third kappa shape index (κ3) is 1.40. The lowest BCUT2D eigenvalue weighted by molar-refractivity contribution is 0.0880. The number of fused-ring (bicyclic) bond motifs is 1. The number of nitrogens with zero attached hydrogens (tertiary/aromatic N) is 2. The number of imide groups is 1. The van der Waals surface area contributed by atoms with Crippen molar-refractivity contribution < 1.29 is 9.59 Å². The summed E-state index contributed by atoms with van der Waals surface area (Å²) in [6.07, 6.45) is 4.66. The van der Waals surface area contributed by atoms with Gasteiger partial charge >= 0.3 is 0 Å². The predicted molar refractivity (Wildman–Crippen MR) is 59.3 cm³/mol. The maximum Gasteiger partial charge on any atom is 0.259 e. The van der Waals surface area contributed by atoms with Gasteiger partial charge in [0, 0.05) is 18.0 Å². The number of carbonyl (C=O) groups is 2. The third-order valence-electron chi connectivity index (χ3n) is 2.60. The van der Waals surface area contributed by atoms with E-state index in [9.17, 15) is 9.59 Å². The Hall–Kier alpha value is -2.56. The Bertz CT molecular complexity index is 623. The second-order valence-electron chi connectivity index (χ2n) is 3.60. The van der Waals surface area contributed by atoms with Gasteiger partial charge in [-0.1, -0.05) is 12.1 Å². The molecule has 1 aromatic carbocycles. The number of hydrogen-bond acceptors (Lipinski definition) is 4. The van der Waals surface area contributed by atoms with Crippen LogP contribution in [0.3, 0.4) is 0 Å². The van der Waals surface area contributed by atoms with Crippen LogP contribution < -0.4 is 5.32 Å². The largest absolute Gasteiger partial charge is 0.288 e. The molecule has 1 N–H and O–H groups in total. The number of carbonyl (C=O) groups excluding carboxylic acids is 2. The Kier molecular flexibility index (Phi) is 1.98. The van der Waals surface area contributed by atoms with Gasteiger partial charge in [-0.3, -0.25) is 24.9 Å². The number of hydrogen-bond donors (Lipinski definition) is 1. The molecular formula is C12H7N3O2. The quantitative estimate of drug-likeness (QED) is 0.735. The van der Waals surface area contributed by atoms with Crippen LogP contribution in [-0.4, -0.2) is 21.8 Å². The van der Waals surface area contributed by atoms with Gasteiger partial charge in [-0.15, -0.1) is 0 Å². The summed E-state index contributed by atoms with van der Waals surface area (Å²) in [4.78, 5) is 31.3. The van der Waals surface area contributed by atoms with E-state index in [2.05, 4.69) is 15.3 Å². The molecule has 0 unspecified atom stereocenters. The van der Waals surface area contributed by atoms with E-state index in [4.69, 9.17) is 0 Å². The molecule has 0 aliphatic carbocycles. The number of amides is 2. The van der Waals surface area contributed by atoms with Gasteiger partial charge in [-0.25, -0.2) is 0 Å². The Balaban J connectivity index is 2.27. The van der Waals surface area contributed by atoms with E-state index in [1.807, 2.05) is 0 Å². The molecule has 3 rings (SSSR count). The summed E-state index contributed by atoms with van der Waals surface area (Å²) in [6, 6.07) is 5.09. The average molecular weight is 225 g/mol. The van der Waals surface area contributed by atoms with Gasteiger partial charge in [0.15, 0.2) is 0 Å². The molecular weight excluding hydrogens is 218 g/mol. The molecule has 0 radical (unpaired) electrons. The minimum atomic E-state index is -0.383. The van der Waals surface area contributed by atoms with E-state index >= 15 is 0 Å². The normalized spacial score (nSPS) is 13.4. The molecule has 5 nitrogen and oxygen atoms in total. The van der Waals surface area contributed by atoms with Crippen molar-refractivity contribution in [2.45, 2.75) is 0 Å². The number of benzene rings is 1. The first-order chi connectivity index (χ1) is 8.27. The van der Waals surface area contributed by atoms with Crippen LogP contribution in [0.5, 0.6) is 0 Å². The van der Waals surface area contributed by atoms with Crippen molar-refractivity contribution in [2.24, 2.45) is 0 Å². The van der Waals surface area contributed by atoms with Crippen LogP contribution in [0.1, 0.15) is 20.7 Å². The smallest absolute Gasteiger partial charge is 0.259 e. The van der Waals surface area contributed by atoms with Crippen molar-refractivity contribution in [3.05, 3.63) is 47.9 Å². The lowest BCUT2D eigenvalue weighted by Gasteiger charge is -2.03. The van der Waals surface area contributed by atoms with Crippen LogP contribution in [0.4, 0.5) is 0 Å². The van der Waals surface area contributed by atoms with Gasteiger partial charge < -0.3 is 0 Å². The molecule has 2 heterocycles. The van der Waals surface area contributed by atoms with Gasteiger partial charge in [0.2, 0.25) is 0 Å². The summed E-state index contributed by atoms with van der Waals surface area (Å²) >= 11 is 0. The van der Waals surface area contributed by atoms with Crippen molar-refractivity contribution in [3.63, 3.8) is 0 Å². The standard InChI is InChI=1S/C12H7N3O2/c16-11-8-3-1-2-7(10(8)12(17)15-11)9-6-13-4-5-14-9/h1-6H,(H,15,16,17). The molecule has 0 atom stereocenters. The van der Waals surface area contributed by atoms with Gasteiger partial charge in [0.1, 0.15) is 0 Å². The van der Waals surface area contributed by atoms with Crippen LogP contribution in [0.25, 0.3) is 11.3 Å². The fraction of sp³-hybridized carbons (Fsp3) is 0. The summed E-state index contributed by atoms with van der Waals surface area (Å²) in [5.74, 6) is -0.748. The van der Waals surface area contributed by atoms with Gasteiger partial charge in [-0.05, 0) is 6.07 Å². The molecule has 1 aliphatic rings. The van der Waals surface area contributed by atoms with Crippen molar-refractivity contribution in [1.29, 1.82) is 0 Å². The molecule has 0 fully saturated rings. The molecule has 5 heteroatoms. The molecule has 0 saturated carbocycles. The minimum Gasteiger partial charge on any atom is -0.288 e. The first-order valence-electron chi connectivity index (χ1n) is 5.02. The first kappa shape index (κ1) is 9.65. The monoisotopic (exact) mass is 225 g/mol. The fourth-order valence-corrected chi connectivity index (χ4v) is 1.87. The van der Waals surface area contributed by atoms with Gasteiger partial charge in [0.05, 0.1) is 23.0 Å². The molecule has 2 amide bonds. The van der Waals surface area contributed by atoms with Crippen LogP contribution in [0, 0.1) is 0 Å². The summed E-state index contributed by atoms with van der Waals surface area (Å²) in [7, 11) is 0. The Morgan fingerprint density at radius 3 is 2.59 bits per heavy atom. The topological polar surface area (TPSA) is 72.0 Å². The van der Waals surface area contributed by atoms with E-state index in [-0.39, 0.29) is 11.8 Å². The van der Waals surface area contributed by atoms with Gasteiger partial charge in [0.25, 0.3) is 11.8 Å². The SMILES string of the molecule is O=C1NC(=O)c2c1cccc2-c1cnccn1. The summed E-state index contributed by atoms with van der Waals surface area (Å²) in [5.41, 5.74) is 1.96. The maximum absolute atomic E-state index is 11.7. The molecule has 1 aliphatic heterocycles. The summed E-state index contributed by atoms with van der Waals surface area (Å²) in [6.45, 7) is 0. The van der Waals surface area contributed by atoms with Crippen LogP contribution in [0.2, 0.25) is 0 Å². The van der Waals surface area contributed by atoms with E-state index < -0.39 is 0 Å². The minimum absolute atomic E-state index is 0.365. The molecule has 0 saturated heterocycles. The maximum atomic E-state index is 11.7. The molecule has 2 aromatic rings. The second-order valence-corrected chi connectivity index (χ2v) is 3.60. The molecule has 0 bridgehead atoms. The number of nitrogens with one attached hydrogen (secondary N) is 1. The van der Waals surface area contributed by atoms with E-state index in [1.165, 1.54) is 0 Å². The van der Waals surface area contributed by atoms with Crippen LogP contribution in [0.15, 0.2) is 36.8 Å². The highest BCUT2D eigenvalue weighted by atomic mass is 16.2. The second kappa shape index (κ2) is 3.48. The lowest BCUT2D eigenvalue weighted by Crippen LogP contribution is -2.20. The summed E-state index contributed by atoms with van der Waals surface area (Å²) < 4.78 is 0. The van der Waals surface area contributed by atoms with E-state index in [0.29, 0.717) is 22.4 Å². The first-order valence-corrected chi connectivity index (χ1v) is 5.02. The molecule has 0 spiro atoms. The van der Waals surface area contributed by atoms with Crippen molar-refractivity contribution in [3.8, 4) is 11.3 Å². The molecule has 82 valence electrons. The number of rotatable bonds is 1. The Morgan fingerprint density at radius 1 is 1.00 bits per heavy atom. The highest BCUT2D eigenvalue weighted by Gasteiger charge is 2.29. The fourth-order valence-electron chi connectivity index (χ4n) is 1.87. The Labute approximate surface area is 96.5 Å². The van der Waals surface area contributed by atoms with Crippen LogP contribution >= 0.6 is 0 Å². The van der Waals surface area contributed by atoms with Crippen molar-refractivity contribution >= 4 is 11.8 Å². The summed E-state index contributed by atoms with van der Waals surface area (Å²) in [5, 5.41) is 2.27. The number of aromatic nitrogens is 2. The van der Waals surface area contributed by atoms with Gasteiger partial charge in [-0.2, -0.15) is 0 Å². The average Bonchev–Trinajstić information content (AvgIpc) is 2.66.